The summed E-state index contributed by atoms with van der Waals surface area (Å²) in [5.74, 6) is 0.392. The molecular weight excluding hydrogens is 283 g/mol. The second-order valence-electron chi connectivity index (χ2n) is 4.14. The molecule has 0 atom stereocenters. The fourth-order valence-corrected chi connectivity index (χ4v) is 2.96. The third kappa shape index (κ3) is 2.72. The molecule has 2 aromatic carbocycles. The molecule has 1 aromatic heterocycles. The van der Waals surface area contributed by atoms with E-state index in [0.29, 0.717) is 17.4 Å². The highest BCUT2D eigenvalue weighted by Crippen LogP contribution is 2.29. The molecule has 0 bridgehead atoms. The van der Waals surface area contributed by atoms with Gasteiger partial charge in [-0.1, -0.05) is 11.6 Å². The summed E-state index contributed by atoms with van der Waals surface area (Å²) in [4.78, 5) is 0. The van der Waals surface area contributed by atoms with Crippen molar-refractivity contribution >= 4 is 33.0 Å². The molecule has 0 aliphatic heterocycles. The molecule has 1 heterocycles. The lowest BCUT2D eigenvalue weighted by atomic mass is 10.2. The van der Waals surface area contributed by atoms with E-state index >= 15 is 0 Å². The minimum absolute atomic E-state index is 0.264. The van der Waals surface area contributed by atoms with Crippen molar-refractivity contribution in [2.75, 3.05) is 0 Å². The second-order valence-corrected chi connectivity index (χ2v) is 5.49. The van der Waals surface area contributed by atoms with Crippen molar-refractivity contribution in [1.82, 2.24) is 0 Å². The van der Waals surface area contributed by atoms with E-state index in [1.807, 2.05) is 18.2 Å². The highest BCUT2D eigenvalue weighted by molar-refractivity contribution is 7.17. The Morgan fingerprint density at radius 1 is 1.11 bits per heavy atom. The number of ether oxygens (including phenoxy) is 1. The average molecular weight is 293 g/mol. The van der Waals surface area contributed by atoms with Gasteiger partial charge in [0.1, 0.15) is 18.2 Å². The van der Waals surface area contributed by atoms with Gasteiger partial charge in [0.2, 0.25) is 0 Å². The number of thiophene rings is 1. The van der Waals surface area contributed by atoms with Crippen LogP contribution in [0.25, 0.3) is 10.1 Å². The van der Waals surface area contributed by atoms with E-state index in [-0.39, 0.29) is 5.82 Å². The van der Waals surface area contributed by atoms with Crippen molar-refractivity contribution in [3.05, 3.63) is 64.2 Å². The Balaban J connectivity index is 1.81. The minimum atomic E-state index is -0.264. The Labute approximate surface area is 119 Å². The smallest absolute Gasteiger partial charge is 0.123 e. The molecule has 1 nitrogen and oxygen atoms in total. The van der Waals surface area contributed by atoms with Crippen LogP contribution in [0.5, 0.6) is 5.75 Å². The summed E-state index contributed by atoms with van der Waals surface area (Å²) in [7, 11) is 0. The van der Waals surface area contributed by atoms with Gasteiger partial charge in [0.05, 0.1) is 0 Å². The normalized spacial score (nSPS) is 10.8. The molecule has 3 rings (SSSR count). The van der Waals surface area contributed by atoms with Gasteiger partial charge in [-0.15, -0.1) is 11.3 Å². The maximum Gasteiger partial charge on any atom is 0.123 e. The predicted octanol–water partition coefficient (Wildman–Crippen LogP) is 5.27. The van der Waals surface area contributed by atoms with Gasteiger partial charge >= 0.3 is 0 Å². The van der Waals surface area contributed by atoms with Gasteiger partial charge in [0.15, 0.2) is 0 Å². The molecule has 0 unspecified atom stereocenters. The van der Waals surface area contributed by atoms with Crippen LogP contribution in [0.15, 0.2) is 47.8 Å². The first-order valence-corrected chi connectivity index (χ1v) is 7.02. The van der Waals surface area contributed by atoms with Crippen LogP contribution < -0.4 is 4.74 Å². The fraction of sp³-hybridized carbons (Fsp3) is 0.0667. The number of hydrogen-bond acceptors (Lipinski definition) is 2. The van der Waals surface area contributed by atoms with Gasteiger partial charge in [-0.25, -0.2) is 4.39 Å². The number of hydrogen-bond donors (Lipinski definition) is 0. The summed E-state index contributed by atoms with van der Waals surface area (Å²) in [6.45, 7) is 0.450. The summed E-state index contributed by atoms with van der Waals surface area (Å²) in [6.07, 6.45) is 0. The highest BCUT2D eigenvalue weighted by atomic mass is 35.5. The lowest BCUT2D eigenvalue weighted by Crippen LogP contribution is -1.94. The van der Waals surface area contributed by atoms with Crippen LogP contribution in [0.1, 0.15) is 5.56 Å². The van der Waals surface area contributed by atoms with Gasteiger partial charge in [-0.2, -0.15) is 0 Å². The summed E-state index contributed by atoms with van der Waals surface area (Å²) in [5.41, 5.74) is 1.09. The molecule has 0 radical (unpaired) electrons. The van der Waals surface area contributed by atoms with Crippen LogP contribution in [-0.2, 0) is 6.61 Å². The number of benzene rings is 2. The predicted molar refractivity (Wildman–Crippen MR) is 77.6 cm³/mol. The van der Waals surface area contributed by atoms with Gasteiger partial charge in [0, 0.05) is 20.7 Å². The van der Waals surface area contributed by atoms with E-state index < -0.39 is 0 Å². The van der Waals surface area contributed by atoms with Crippen molar-refractivity contribution in [2.24, 2.45) is 0 Å². The first-order chi connectivity index (χ1) is 9.22. The molecular formula is C15H10ClFOS. The zero-order valence-corrected chi connectivity index (χ0v) is 11.5. The van der Waals surface area contributed by atoms with Crippen molar-refractivity contribution < 1.29 is 9.13 Å². The lowest BCUT2D eigenvalue weighted by Gasteiger charge is -2.05. The van der Waals surface area contributed by atoms with E-state index in [9.17, 15) is 4.39 Å². The van der Waals surface area contributed by atoms with E-state index in [1.54, 1.807) is 23.5 Å². The number of halogens is 2. The Morgan fingerprint density at radius 2 is 1.89 bits per heavy atom. The minimum Gasteiger partial charge on any atom is -0.489 e. The van der Waals surface area contributed by atoms with Gasteiger partial charge < -0.3 is 4.74 Å². The first-order valence-electron chi connectivity index (χ1n) is 5.76. The Morgan fingerprint density at radius 3 is 2.68 bits per heavy atom. The van der Waals surface area contributed by atoms with Crippen LogP contribution in [0.2, 0.25) is 5.02 Å². The topological polar surface area (TPSA) is 9.23 Å². The molecule has 4 heteroatoms. The first kappa shape index (κ1) is 12.5. The molecule has 0 saturated carbocycles. The molecule has 0 spiro atoms. The summed E-state index contributed by atoms with van der Waals surface area (Å²) < 4.78 is 19.6. The van der Waals surface area contributed by atoms with E-state index in [4.69, 9.17) is 16.3 Å². The Kier molecular flexibility index (Phi) is 3.40. The molecule has 0 aliphatic rings. The monoisotopic (exact) mass is 292 g/mol. The fourth-order valence-electron chi connectivity index (χ4n) is 1.86. The summed E-state index contributed by atoms with van der Waals surface area (Å²) in [6, 6.07) is 11.8. The van der Waals surface area contributed by atoms with E-state index in [1.165, 1.54) is 16.8 Å². The summed E-state index contributed by atoms with van der Waals surface area (Å²) in [5, 5.41) is 3.89. The van der Waals surface area contributed by atoms with Crippen molar-refractivity contribution in [1.29, 1.82) is 0 Å². The van der Waals surface area contributed by atoms with Crippen LogP contribution in [-0.4, -0.2) is 0 Å². The van der Waals surface area contributed by atoms with Crippen LogP contribution in [0.3, 0.4) is 0 Å². The molecule has 19 heavy (non-hydrogen) atoms. The third-order valence-corrected chi connectivity index (χ3v) is 4.07. The lowest BCUT2D eigenvalue weighted by molar-refractivity contribution is 0.307. The van der Waals surface area contributed by atoms with E-state index in [2.05, 4.69) is 5.38 Å². The van der Waals surface area contributed by atoms with Crippen LogP contribution in [0, 0.1) is 5.82 Å². The Hall–Kier alpha value is -1.58. The zero-order chi connectivity index (χ0) is 13.2. The van der Waals surface area contributed by atoms with E-state index in [0.717, 1.165) is 10.9 Å². The molecule has 0 aliphatic carbocycles. The largest absolute Gasteiger partial charge is 0.489 e. The molecule has 96 valence electrons. The third-order valence-electron chi connectivity index (χ3n) is 2.82. The standard InChI is InChI=1S/C15H10ClFOS/c16-11-1-6-15-14(7-11)10(9-19-15)8-18-13-4-2-12(17)3-5-13/h1-7,9H,8H2. The average Bonchev–Trinajstić information content (AvgIpc) is 2.80. The molecule has 0 fully saturated rings. The molecule has 3 aromatic rings. The van der Waals surface area contributed by atoms with Crippen molar-refractivity contribution in [3.63, 3.8) is 0 Å². The highest BCUT2D eigenvalue weighted by Gasteiger charge is 2.05. The molecule has 0 amide bonds. The van der Waals surface area contributed by atoms with Gasteiger partial charge in [-0.05, 0) is 47.8 Å². The molecule has 0 saturated heterocycles. The maximum absolute atomic E-state index is 12.8. The van der Waals surface area contributed by atoms with Gasteiger partial charge in [0.25, 0.3) is 0 Å². The second kappa shape index (κ2) is 5.19. The quantitative estimate of drug-likeness (QED) is 0.639. The number of rotatable bonds is 3. The molecule has 0 N–H and O–H groups in total. The Bertz CT molecular complexity index is 706. The number of fused-ring (bicyclic) bond motifs is 1. The van der Waals surface area contributed by atoms with Crippen LogP contribution in [0.4, 0.5) is 4.39 Å². The SMILES string of the molecule is Fc1ccc(OCc2csc3ccc(Cl)cc23)cc1. The van der Waals surface area contributed by atoms with Crippen LogP contribution >= 0.6 is 22.9 Å². The van der Waals surface area contributed by atoms with Crippen molar-refractivity contribution in [2.45, 2.75) is 6.61 Å². The zero-order valence-electron chi connectivity index (χ0n) is 9.90. The van der Waals surface area contributed by atoms with Crippen molar-refractivity contribution in [3.8, 4) is 5.75 Å². The van der Waals surface area contributed by atoms with Gasteiger partial charge in [-0.3, -0.25) is 0 Å². The summed E-state index contributed by atoms with van der Waals surface area (Å²) >= 11 is 7.67. The maximum atomic E-state index is 12.8.